The number of hydrogen-bond acceptors (Lipinski definition) is 4. The summed E-state index contributed by atoms with van der Waals surface area (Å²) in [4.78, 5) is 20.7. The van der Waals surface area contributed by atoms with Gasteiger partial charge in [0.2, 0.25) is 0 Å². The Morgan fingerprint density at radius 3 is 0.919 bits per heavy atom. The maximum Gasteiger partial charge on any atom is 0.164 e. The summed E-state index contributed by atoms with van der Waals surface area (Å²) in [5, 5.41) is 18.4. The maximum atomic E-state index is 5.64. The maximum absolute atomic E-state index is 5.64. The second-order valence-electron chi connectivity index (χ2n) is 19.2. The highest BCUT2D eigenvalue weighted by Crippen LogP contribution is 2.45. The Hall–Kier alpha value is -9.90. The molecule has 2 aromatic heterocycles. The zero-order valence-corrected chi connectivity index (χ0v) is 40.0. The fourth-order valence-corrected chi connectivity index (χ4v) is 11.6. The van der Waals surface area contributed by atoms with Crippen molar-refractivity contribution in [3.8, 4) is 67.7 Å². The van der Waals surface area contributed by atoms with E-state index in [1.807, 2.05) is 60.7 Å². The van der Waals surface area contributed by atoms with Crippen molar-refractivity contribution < 1.29 is 0 Å². The van der Waals surface area contributed by atoms with Crippen LogP contribution < -0.4 is 0 Å². The summed E-state index contributed by atoms with van der Waals surface area (Å²) in [6.07, 6.45) is 0. The highest BCUT2D eigenvalue weighted by molar-refractivity contribution is 6.28. The van der Waals surface area contributed by atoms with Gasteiger partial charge in [-0.1, -0.05) is 231 Å². The summed E-state index contributed by atoms with van der Waals surface area (Å²) < 4.78 is 0. The normalized spacial score (nSPS) is 11.8. The van der Waals surface area contributed by atoms with Crippen molar-refractivity contribution in [3.63, 3.8) is 0 Å². The second-order valence-corrected chi connectivity index (χ2v) is 19.2. The standard InChI is InChI=1S/C70H42N4/c1-3-17-44(18-4-1)68-72-69(45-19-5-2-6-20-45)74-70(73-68)46-33-31-43(32-34-46)66-42-62(48-36-38-59-54-26-10-8-22-50(54)52-24-12-14-28-56(52)64(59)40-48)65-41-61(57-29-15-16-30-60(57)67(65)71-66)47-35-37-58-53-25-9-7-21-49(53)51-23-11-13-27-55(51)63(58)39-47/h1-42H. The molecule has 74 heavy (non-hydrogen) atoms. The largest absolute Gasteiger partial charge is 0.247 e. The SMILES string of the molecule is c1ccc(-c2nc(-c3ccccc3)nc(-c3ccc(-c4cc(-c5ccc6c7ccccc7c7ccccc7c6c5)c5cc(-c6ccc7c8ccccc8c8ccccc8c7c6)c6ccccc6c5n4)cc3)n2)cc1. The first-order chi connectivity index (χ1) is 36.7. The van der Waals surface area contributed by atoms with Gasteiger partial charge in [-0.2, -0.15) is 0 Å². The van der Waals surface area contributed by atoms with E-state index in [9.17, 15) is 0 Å². The highest BCUT2D eigenvalue weighted by Gasteiger charge is 2.20. The van der Waals surface area contributed by atoms with E-state index in [2.05, 4.69) is 194 Å². The molecule has 342 valence electrons. The van der Waals surface area contributed by atoms with Crippen LogP contribution in [0.25, 0.3) is 154 Å². The lowest BCUT2D eigenvalue weighted by atomic mass is 9.88. The van der Waals surface area contributed by atoms with Crippen LogP contribution in [0.1, 0.15) is 0 Å². The van der Waals surface area contributed by atoms with Gasteiger partial charge in [0.05, 0.1) is 11.2 Å². The topological polar surface area (TPSA) is 51.6 Å². The van der Waals surface area contributed by atoms with Crippen molar-refractivity contribution >= 4 is 86.3 Å². The van der Waals surface area contributed by atoms with E-state index in [1.165, 1.54) is 75.8 Å². The van der Waals surface area contributed by atoms with Gasteiger partial charge in [0, 0.05) is 33.0 Å². The molecule has 13 aromatic carbocycles. The average Bonchev–Trinajstić information content (AvgIpc) is 3.51. The number of hydrogen-bond donors (Lipinski definition) is 0. The lowest BCUT2D eigenvalue weighted by molar-refractivity contribution is 1.07. The molecular weight excluding hydrogens is 897 g/mol. The number of benzene rings is 13. The molecule has 0 saturated carbocycles. The van der Waals surface area contributed by atoms with E-state index in [0.29, 0.717) is 17.5 Å². The summed E-state index contributed by atoms with van der Waals surface area (Å²) in [5.74, 6) is 1.88. The van der Waals surface area contributed by atoms with E-state index in [1.54, 1.807) is 0 Å². The van der Waals surface area contributed by atoms with Crippen LogP contribution >= 0.6 is 0 Å². The molecule has 0 saturated heterocycles. The molecule has 15 rings (SSSR count). The van der Waals surface area contributed by atoms with Gasteiger partial charge in [0.25, 0.3) is 0 Å². The molecule has 0 radical (unpaired) electrons. The smallest absolute Gasteiger partial charge is 0.164 e. The summed E-state index contributed by atoms with van der Waals surface area (Å²) in [6.45, 7) is 0. The van der Waals surface area contributed by atoms with Crippen molar-refractivity contribution in [2.75, 3.05) is 0 Å². The third kappa shape index (κ3) is 6.77. The molecule has 0 N–H and O–H groups in total. The fraction of sp³-hybridized carbons (Fsp3) is 0. The number of nitrogens with zero attached hydrogens (tertiary/aromatic N) is 4. The molecule has 2 heterocycles. The Morgan fingerprint density at radius 1 is 0.176 bits per heavy atom. The first kappa shape index (κ1) is 41.8. The highest BCUT2D eigenvalue weighted by atomic mass is 15.0. The molecule has 4 heteroatoms. The molecule has 0 spiro atoms. The lowest BCUT2D eigenvalue weighted by Crippen LogP contribution is -2.00. The molecule has 0 atom stereocenters. The third-order valence-electron chi connectivity index (χ3n) is 15.1. The molecule has 0 unspecified atom stereocenters. The number of aromatic nitrogens is 4. The van der Waals surface area contributed by atoms with Crippen LogP contribution in [-0.2, 0) is 0 Å². The van der Waals surface area contributed by atoms with Gasteiger partial charge in [0.1, 0.15) is 0 Å². The van der Waals surface area contributed by atoms with Crippen molar-refractivity contribution in [1.82, 2.24) is 19.9 Å². The van der Waals surface area contributed by atoms with Gasteiger partial charge in [-0.15, -0.1) is 0 Å². The summed E-state index contributed by atoms with van der Waals surface area (Å²) in [7, 11) is 0. The molecule has 0 fully saturated rings. The Balaban J connectivity index is 0.957. The zero-order valence-electron chi connectivity index (χ0n) is 40.0. The van der Waals surface area contributed by atoms with Crippen molar-refractivity contribution in [3.05, 3.63) is 255 Å². The molecule has 4 nitrogen and oxygen atoms in total. The average molecular weight is 939 g/mol. The van der Waals surface area contributed by atoms with Crippen LogP contribution in [0.3, 0.4) is 0 Å². The van der Waals surface area contributed by atoms with Gasteiger partial charge < -0.3 is 0 Å². The van der Waals surface area contributed by atoms with Gasteiger partial charge in [-0.3, -0.25) is 0 Å². The number of pyridine rings is 1. The Bertz CT molecular complexity index is 4630. The van der Waals surface area contributed by atoms with Crippen molar-refractivity contribution in [2.24, 2.45) is 0 Å². The van der Waals surface area contributed by atoms with Crippen molar-refractivity contribution in [1.29, 1.82) is 0 Å². The van der Waals surface area contributed by atoms with E-state index in [4.69, 9.17) is 19.9 Å². The first-order valence-corrected chi connectivity index (χ1v) is 25.2. The molecule has 0 amide bonds. The molecule has 0 aliphatic carbocycles. The number of fused-ring (bicyclic) bond motifs is 15. The minimum absolute atomic E-state index is 0.612. The lowest BCUT2D eigenvalue weighted by Gasteiger charge is -2.18. The summed E-state index contributed by atoms with van der Waals surface area (Å²) >= 11 is 0. The van der Waals surface area contributed by atoms with E-state index < -0.39 is 0 Å². The van der Waals surface area contributed by atoms with Gasteiger partial charge in [-0.25, -0.2) is 19.9 Å². The molecule has 0 bridgehead atoms. The molecule has 0 aliphatic rings. The Kier molecular flexibility index (Phi) is 9.54. The van der Waals surface area contributed by atoms with Gasteiger partial charge in [0.15, 0.2) is 17.5 Å². The second kappa shape index (κ2) is 16.9. The number of rotatable bonds is 6. The van der Waals surface area contributed by atoms with Gasteiger partial charge >= 0.3 is 0 Å². The van der Waals surface area contributed by atoms with Crippen LogP contribution in [0.15, 0.2) is 255 Å². The predicted molar refractivity (Wildman–Crippen MR) is 310 cm³/mol. The third-order valence-corrected chi connectivity index (χ3v) is 15.1. The van der Waals surface area contributed by atoms with Gasteiger partial charge in [-0.05, 0) is 117 Å². The van der Waals surface area contributed by atoms with Crippen LogP contribution in [0.2, 0.25) is 0 Å². The molecule has 0 aliphatic heterocycles. The van der Waals surface area contributed by atoms with Crippen LogP contribution in [0.4, 0.5) is 0 Å². The molecule has 15 aromatic rings. The van der Waals surface area contributed by atoms with E-state index >= 15 is 0 Å². The van der Waals surface area contributed by atoms with Crippen LogP contribution in [0, 0.1) is 0 Å². The van der Waals surface area contributed by atoms with E-state index in [-0.39, 0.29) is 0 Å². The molecular formula is C70H42N4. The Morgan fingerprint density at radius 2 is 0.486 bits per heavy atom. The minimum Gasteiger partial charge on any atom is -0.247 e. The van der Waals surface area contributed by atoms with Crippen LogP contribution in [-0.4, -0.2) is 19.9 Å². The zero-order chi connectivity index (χ0) is 48.7. The summed E-state index contributed by atoms with van der Waals surface area (Å²) in [6, 6.07) is 91.5. The minimum atomic E-state index is 0.612. The fourth-order valence-electron chi connectivity index (χ4n) is 11.6. The Labute approximate surface area is 426 Å². The quantitative estimate of drug-likeness (QED) is 0.156. The predicted octanol–water partition coefficient (Wildman–Crippen LogP) is 18.5. The summed E-state index contributed by atoms with van der Waals surface area (Å²) in [5.41, 5.74) is 10.2. The van der Waals surface area contributed by atoms with E-state index in [0.717, 1.165) is 60.8 Å². The monoisotopic (exact) mass is 938 g/mol. The first-order valence-electron chi connectivity index (χ1n) is 25.2. The van der Waals surface area contributed by atoms with Crippen molar-refractivity contribution in [2.45, 2.75) is 0 Å². The van der Waals surface area contributed by atoms with Crippen LogP contribution in [0.5, 0.6) is 0 Å².